The molecule has 0 N–H and O–H groups in total. The highest BCUT2D eigenvalue weighted by molar-refractivity contribution is 5.71. The summed E-state index contributed by atoms with van der Waals surface area (Å²) in [6.45, 7) is 6.57. The van der Waals surface area contributed by atoms with Crippen molar-refractivity contribution in [1.82, 2.24) is 0 Å². The highest BCUT2D eigenvalue weighted by Crippen LogP contribution is 2.17. The van der Waals surface area contributed by atoms with Crippen LogP contribution in [-0.4, -0.2) is 37.2 Å². The van der Waals surface area contributed by atoms with Gasteiger partial charge in [-0.2, -0.15) is 0 Å². The molecule has 0 aliphatic rings. The van der Waals surface area contributed by atoms with Gasteiger partial charge in [0, 0.05) is 19.3 Å². The van der Waals surface area contributed by atoms with Crippen LogP contribution in [0.5, 0.6) is 0 Å². The molecule has 0 amide bonds. The van der Waals surface area contributed by atoms with E-state index in [4.69, 9.17) is 14.2 Å². The lowest BCUT2D eigenvalue weighted by molar-refractivity contribution is -0.167. The maximum absolute atomic E-state index is 12.9. The molecule has 1 unspecified atom stereocenters. The average Bonchev–Trinajstić information content (AvgIpc) is 3.41. The van der Waals surface area contributed by atoms with Crippen molar-refractivity contribution in [2.45, 2.75) is 348 Å². The van der Waals surface area contributed by atoms with E-state index < -0.39 is 6.10 Å². The van der Waals surface area contributed by atoms with Crippen molar-refractivity contribution in [3.05, 3.63) is 60.8 Å². The zero-order chi connectivity index (χ0) is 54.3. The number of unbranched alkanes of at least 4 members (excludes halogenated alkanes) is 39. The molecule has 0 saturated heterocycles. The van der Waals surface area contributed by atoms with E-state index in [0.717, 1.165) is 89.9 Å². The van der Waals surface area contributed by atoms with E-state index in [0.29, 0.717) is 19.3 Å². The lowest BCUT2D eigenvalue weighted by atomic mass is 10.0. The Morgan fingerprint density at radius 2 is 0.520 bits per heavy atom. The van der Waals surface area contributed by atoms with Crippen LogP contribution in [0.1, 0.15) is 342 Å². The number of carbonyl (C=O) groups excluding carboxylic acids is 3. The Hall–Kier alpha value is -2.89. The standard InChI is InChI=1S/C69H124O6/c1-4-7-10-13-16-19-22-25-28-30-32-33-34-35-37-38-41-44-47-50-53-56-59-62-68(71)74-65-66(64-73-67(70)61-58-55-52-49-46-43-40-27-24-21-18-15-12-9-6-3)75-69(72)63-60-57-54-51-48-45-42-39-36-31-29-26-23-20-17-14-11-8-5-2/h7,10,16,19,25,27-28,32-33,40,66H,4-6,8-9,11-15,17-18,20-24,26,29-31,34-39,41-65H2,1-3H3/b10-7-,19-16-,28-25-,33-32-,40-27-. The summed E-state index contributed by atoms with van der Waals surface area (Å²) >= 11 is 0. The van der Waals surface area contributed by atoms with Gasteiger partial charge in [0.05, 0.1) is 0 Å². The largest absolute Gasteiger partial charge is 0.462 e. The van der Waals surface area contributed by atoms with E-state index in [1.165, 1.54) is 212 Å². The Labute approximate surface area is 466 Å². The minimum atomic E-state index is -0.778. The van der Waals surface area contributed by atoms with Gasteiger partial charge in [-0.3, -0.25) is 14.4 Å². The van der Waals surface area contributed by atoms with E-state index in [1.54, 1.807) is 0 Å². The molecule has 0 spiro atoms. The number of esters is 3. The SMILES string of the molecule is CC/C=C\C/C=C\C/C=C\C/C=C\CCCCCCCCCCCCC(=O)OCC(COC(=O)CCCCCCC/C=C\CCCCCCCC)OC(=O)CCCCCCCCCCCCCCCCCCCCC. The second-order valence-corrected chi connectivity index (χ2v) is 22.0. The van der Waals surface area contributed by atoms with Crippen molar-refractivity contribution in [3.8, 4) is 0 Å². The van der Waals surface area contributed by atoms with Crippen molar-refractivity contribution >= 4 is 17.9 Å². The van der Waals surface area contributed by atoms with Crippen LogP contribution >= 0.6 is 0 Å². The van der Waals surface area contributed by atoms with E-state index in [9.17, 15) is 14.4 Å². The van der Waals surface area contributed by atoms with Gasteiger partial charge in [-0.05, 0) is 83.5 Å². The summed E-state index contributed by atoms with van der Waals surface area (Å²) < 4.78 is 17.0. The molecule has 0 rings (SSSR count). The van der Waals surface area contributed by atoms with Crippen LogP contribution in [-0.2, 0) is 28.6 Å². The van der Waals surface area contributed by atoms with Crippen molar-refractivity contribution in [1.29, 1.82) is 0 Å². The smallest absolute Gasteiger partial charge is 0.306 e. The predicted molar refractivity (Wildman–Crippen MR) is 325 cm³/mol. The molecular formula is C69H124O6. The van der Waals surface area contributed by atoms with Crippen molar-refractivity contribution in [2.24, 2.45) is 0 Å². The molecule has 0 aliphatic heterocycles. The Bertz CT molecular complexity index is 1340. The van der Waals surface area contributed by atoms with Crippen molar-refractivity contribution < 1.29 is 28.6 Å². The Morgan fingerprint density at radius 3 is 0.827 bits per heavy atom. The first-order valence-electron chi connectivity index (χ1n) is 32.8. The first-order chi connectivity index (χ1) is 37.0. The minimum Gasteiger partial charge on any atom is -0.462 e. The van der Waals surface area contributed by atoms with Crippen LogP contribution in [0.4, 0.5) is 0 Å². The van der Waals surface area contributed by atoms with Gasteiger partial charge in [-0.25, -0.2) is 0 Å². The number of ether oxygens (including phenoxy) is 3. The third kappa shape index (κ3) is 61.8. The van der Waals surface area contributed by atoms with Crippen LogP contribution in [0.25, 0.3) is 0 Å². The summed E-state index contributed by atoms with van der Waals surface area (Å²) in [5.74, 6) is -0.866. The van der Waals surface area contributed by atoms with Crippen LogP contribution in [0.2, 0.25) is 0 Å². The van der Waals surface area contributed by atoms with Gasteiger partial charge in [-0.1, -0.05) is 300 Å². The molecule has 436 valence electrons. The molecule has 0 heterocycles. The summed E-state index contributed by atoms with van der Waals surface area (Å²) in [6.07, 6.45) is 80.8. The molecule has 0 aliphatic carbocycles. The van der Waals surface area contributed by atoms with Gasteiger partial charge >= 0.3 is 17.9 Å². The predicted octanol–water partition coefficient (Wildman–Crippen LogP) is 22.3. The van der Waals surface area contributed by atoms with Gasteiger partial charge in [-0.15, -0.1) is 0 Å². The topological polar surface area (TPSA) is 78.9 Å². The minimum absolute atomic E-state index is 0.0755. The summed E-state index contributed by atoms with van der Waals surface area (Å²) in [5.41, 5.74) is 0. The zero-order valence-corrected chi connectivity index (χ0v) is 50.1. The van der Waals surface area contributed by atoms with Crippen LogP contribution in [0.3, 0.4) is 0 Å². The van der Waals surface area contributed by atoms with E-state index in [2.05, 4.69) is 81.5 Å². The number of hydrogen-bond acceptors (Lipinski definition) is 6. The van der Waals surface area contributed by atoms with Gasteiger partial charge in [0.25, 0.3) is 0 Å². The van der Waals surface area contributed by atoms with Crippen LogP contribution < -0.4 is 0 Å². The fraction of sp³-hybridized carbons (Fsp3) is 0.812. The second kappa shape index (κ2) is 63.6. The fourth-order valence-electron chi connectivity index (χ4n) is 9.61. The number of allylic oxidation sites excluding steroid dienone is 10. The van der Waals surface area contributed by atoms with Crippen LogP contribution in [0, 0.1) is 0 Å². The molecule has 0 aromatic rings. The second-order valence-electron chi connectivity index (χ2n) is 22.0. The normalized spacial score (nSPS) is 12.4. The molecule has 0 fully saturated rings. The molecule has 0 aromatic heterocycles. The molecular weight excluding hydrogens is 925 g/mol. The fourth-order valence-corrected chi connectivity index (χ4v) is 9.61. The van der Waals surface area contributed by atoms with Gasteiger partial charge in [0.2, 0.25) is 0 Å². The summed E-state index contributed by atoms with van der Waals surface area (Å²) in [5, 5.41) is 0. The Balaban J connectivity index is 4.33. The van der Waals surface area contributed by atoms with Gasteiger partial charge < -0.3 is 14.2 Å². The molecule has 1 atom stereocenters. The van der Waals surface area contributed by atoms with Gasteiger partial charge in [0.15, 0.2) is 6.10 Å². The van der Waals surface area contributed by atoms with Crippen molar-refractivity contribution in [3.63, 3.8) is 0 Å². The Kier molecular flexibility index (Phi) is 61.2. The molecule has 0 aromatic carbocycles. The average molecular weight is 1050 g/mol. The highest BCUT2D eigenvalue weighted by atomic mass is 16.6. The molecule has 0 saturated carbocycles. The summed E-state index contributed by atoms with van der Waals surface area (Å²) in [7, 11) is 0. The molecule has 0 radical (unpaired) electrons. The number of rotatable bonds is 60. The van der Waals surface area contributed by atoms with E-state index >= 15 is 0 Å². The third-order valence-electron chi connectivity index (χ3n) is 14.5. The maximum atomic E-state index is 12.9. The summed E-state index contributed by atoms with van der Waals surface area (Å²) in [6, 6.07) is 0. The lowest BCUT2D eigenvalue weighted by Gasteiger charge is -2.18. The first-order valence-corrected chi connectivity index (χ1v) is 32.8. The molecule has 6 nitrogen and oxygen atoms in total. The van der Waals surface area contributed by atoms with Crippen molar-refractivity contribution in [2.75, 3.05) is 13.2 Å². The lowest BCUT2D eigenvalue weighted by Crippen LogP contribution is -2.30. The van der Waals surface area contributed by atoms with E-state index in [-0.39, 0.29) is 31.1 Å². The highest BCUT2D eigenvalue weighted by Gasteiger charge is 2.19. The number of hydrogen-bond donors (Lipinski definition) is 0. The third-order valence-corrected chi connectivity index (χ3v) is 14.5. The summed E-state index contributed by atoms with van der Waals surface area (Å²) in [4.78, 5) is 38.4. The molecule has 0 bridgehead atoms. The molecule has 6 heteroatoms. The zero-order valence-electron chi connectivity index (χ0n) is 50.1. The van der Waals surface area contributed by atoms with Crippen LogP contribution in [0.15, 0.2) is 60.8 Å². The number of carbonyl (C=O) groups is 3. The Morgan fingerprint density at radius 1 is 0.280 bits per heavy atom. The van der Waals surface area contributed by atoms with Gasteiger partial charge in [0.1, 0.15) is 13.2 Å². The molecule has 75 heavy (non-hydrogen) atoms. The van der Waals surface area contributed by atoms with E-state index in [1.807, 2.05) is 0 Å². The quantitative estimate of drug-likeness (QED) is 0.0261. The first kappa shape index (κ1) is 72.1. The monoisotopic (exact) mass is 1050 g/mol. The maximum Gasteiger partial charge on any atom is 0.306 e.